The first-order valence-corrected chi connectivity index (χ1v) is 6.45. The average Bonchev–Trinajstić information content (AvgIpc) is 2.33. The molecule has 1 aliphatic rings. The summed E-state index contributed by atoms with van der Waals surface area (Å²) in [6.07, 6.45) is 1.06. The normalized spacial score (nSPS) is 22.1. The fourth-order valence-corrected chi connectivity index (χ4v) is 2.21. The molecule has 0 spiro atoms. The number of rotatable bonds is 4. The summed E-state index contributed by atoms with van der Waals surface area (Å²) in [6, 6.07) is 8.68. The maximum atomic E-state index is 5.85. The largest absolute Gasteiger partial charge is 0.383 e. The Balaban J connectivity index is 1.79. The van der Waals surface area contributed by atoms with E-state index in [1.807, 2.05) is 24.3 Å². The molecule has 4 heteroatoms. The Morgan fingerprint density at radius 1 is 1.47 bits per heavy atom. The highest BCUT2D eigenvalue weighted by Gasteiger charge is 2.15. The number of hydrogen-bond donors (Lipinski definition) is 2. The number of anilines is 1. The van der Waals surface area contributed by atoms with Crippen LogP contribution in [0.4, 0.5) is 5.69 Å². The van der Waals surface area contributed by atoms with Gasteiger partial charge in [0.05, 0.1) is 13.2 Å². The predicted octanol–water partition coefficient (Wildman–Crippen LogP) is 2.52. The third kappa shape index (κ3) is 4.19. The van der Waals surface area contributed by atoms with Crippen LogP contribution in [-0.4, -0.2) is 31.8 Å². The Bertz CT molecular complexity index is 336. The van der Waals surface area contributed by atoms with Gasteiger partial charge in [-0.3, -0.25) is 0 Å². The molecule has 0 aromatic heterocycles. The first-order valence-electron chi connectivity index (χ1n) is 6.07. The van der Waals surface area contributed by atoms with Crippen molar-refractivity contribution in [2.75, 3.05) is 25.1 Å². The minimum atomic E-state index is 0.412. The van der Waals surface area contributed by atoms with Crippen molar-refractivity contribution in [1.82, 2.24) is 5.32 Å². The summed E-state index contributed by atoms with van der Waals surface area (Å²) in [7, 11) is 0. The zero-order chi connectivity index (χ0) is 12.1. The van der Waals surface area contributed by atoms with E-state index in [9.17, 15) is 0 Å². The summed E-state index contributed by atoms with van der Waals surface area (Å²) < 4.78 is 5.44. The molecule has 2 unspecified atom stereocenters. The zero-order valence-electron chi connectivity index (χ0n) is 10.1. The van der Waals surface area contributed by atoms with Crippen molar-refractivity contribution in [1.29, 1.82) is 0 Å². The van der Waals surface area contributed by atoms with Crippen molar-refractivity contribution < 1.29 is 4.74 Å². The Morgan fingerprint density at radius 2 is 2.24 bits per heavy atom. The smallest absolute Gasteiger partial charge is 0.0621 e. The molecule has 1 aromatic rings. The van der Waals surface area contributed by atoms with E-state index >= 15 is 0 Å². The van der Waals surface area contributed by atoms with Gasteiger partial charge in [-0.05, 0) is 37.6 Å². The molecule has 1 saturated heterocycles. The molecule has 0 bridgehead atoms. The topological polar surface area (TPSA) is 33.3 Å². The molecule has 2 atom stereocenters. The van der Waals surface area contributed by atoms with Crippen molar-refractivity contribution in [2.45, 2.75) is 25.4 Å². The molecule has 0 amide bonds. The molecule has 17 heavy (non-hydrogen) atoms. The molecular weight excluding hydrogens is 236 g/mol. The van der Waals surface area contributed by atoms with Crippen LogP contribution >= 0.6 is 11.6 Å². The van der Waals surface area contributed by atoms with Crippen molar-refractivity contribution in [3.63, 3.8) is 0 Å². The predicted molar refractivity (Wildman–Crippen MR) is 71.8 cm³/mol. The van der Waals surface area contributed by atoms with Gasteiger partial charge in [-0.25, -0.2) is 0 Å². The van der Waals surface area contributed by atoms with Gasteiger partial charge in [-0.2, -0.15) is 0 Å². The fraction of sp³-hybridized carbons (Fsp3) is 0.538. The number of benzene rings is 1. The second-order valence-electron chi connectivity index (χ2n) is 4.51. The maximum Gasteiger partial charge on any atom is 0.0621 e. The molecule has 1 fully saturated rings. The molecule has 1 aromatic carbocycles. The number of morpholine rings is 1. The van der Waals surface area contributed by atoms with Gasteiger partial charge >= 0.3 is 0 Å². The van der Waals surface area contributed by atoms with Gasteiger partial charge in [-0.1, -0.05) is 11.6 Å². The van der Waals surface area contributed by atoms with E-state index in [0.717, 1.165) is 36.9 Å². The van der Waals surface area contributed by atoms with Crippen LogP contribution in [0.5, 0.6) is 0 Å². The highest BCUT2D eigenvalue weighted by atomic mass is 35.5. The zero-order valence-corrected chi connectivity index (χ0v) is 10.8. The first-order chi connectivity index (χ1) is 8.24. The van der Waals surface area contributed by atoms with Crippen LogP contribution in [0.25, 0.3) is 0 Å². The molecule has 0 aliphatic carbocycles. The van der Waals surface area contributed by atoms with Gasteiger partial charge in [0.25, 0.3) is 0 Å². The van der Waals surface area contributed by atoms with Gasteiger partial charge in [-0.15, -0.1) is 0 Å². The Hall–Kier alpha value is -0.770. The van der Waals surface area contributed by atoms with Crippen LogP contribution in [0.15, 0.2) is 24.3 Å². The minimum Gasteiger partial charge on any atom is -0.383 e. The summed E-state index contributed by atoms with van der Waals surface area (Å²) in [4.78, 5) is 0. The highest BCUT2D eigenvalue weighted by molar-refractivity contribution is 6.30. The Kier molecular flexibility index (Phi) is 4.66. The lowest BCUT2D eigenvalue weighted by Crippen LogP contribution is -2.43. The minimum absolute atomic E-state index is 0.412. The van der Waals surface area contributed by atoms with Gasteiger partial charge < -0.3 is 15.4 Å². The van der Waals surface area contributed by atoms with Crippen molar-refractivity contribution in [2.24, 2.45) is 0 Å². The van der Waals surface area contributed by atoms with Gasteiger partial charge in [0, 0.05) is 29.3 Å². The standard InChI is InChI=1S/C13H19ClN2O/c1-10(8-13-9-17-7-6-15-13)16-12-4-2-11(14)3-5-12/h2-5,10,13,15-16H,6-9H2,1H3. The van der Waals surface area contributed by atoms with Crippen molar-refractivity contribution in [3.05, 3.63) is 29.3 Å². The van der Waals surface area contributed by atoms with E-state index in [4.69, 9.17) is 16.3 Å². The van der Waals surface area contributed by atoms with Gasteiger partial charge in [0.1, 0.15) is 0 Å². The number of hydrogen-bond acceptors (Lipinski definition) is 3. The van der Waals surface area contributed by atoms with Gasteiger partial charge in [0.15, 0.2) is 0 Å². The monoisotopic (exact) mass is 254 g/mol. The van der Waals surface area contributed by atoms with Crippen LogP contribution < -0.4 is 10.6 Å². The van der Waals surface area contributed by atoms with Gasteiger partial charge in [0.2, 0.25) is 0 Å². The third-order valence-corrected chi connectivity index (χ3v) is 3.15. The lowest BCUT2D eigenvalue weighted by Gasteiger charge is -2.27. The second-order valence-corrected chi connectivity index (χ2v) is 4.95. The molecule has 2 rings (SSSR count). The fourth-order valence-electron chi connectivity index (χ4n) is 2.09. The molecular formula is C13H19ClN2O. The molecule has 0 saturated carbocycles. The van der Waals surface area contributed by atoms with Crippen LogP contribution in [0.2, 0.25) is 5.02 Å². The summed E-state index contributed by atoms with van der Waals surface area (Å²) in [5, 5.41) is 7.69. The molecule has 0 radical (unpaired) electrons. The average molecular weight is 255 g/mol. The highest BCUT2D eigenvalue weighted by Crippen LogP contribution is 2.15. The van der Waals surface area contributed by atoms with E-state index in [1.165, 1.54) is 0 Å². The summed E-state index contributed by atoms with van der Waals surface area (Å²) >= 11 is 5.85. The lowest BCUT2D eigenvalue weighted by atomic mass is 10.1. The number of ether oxygens (including phenoxy) is 1. The molecule has 2 N–H and O–H groups in total. The Morgan fingerprint density at radius 3 is 2.88 bits per heavy atom. The molecule has 94 valence electrons. The van der Waals surface area contributed by atoms with E-state index in [2.05, 4.69) is 17.6 Å². The van der Waals surface area contributed by atoms with Crippen molar-refractivity contribution >= 4 is 17.3 Å². The molecule has 1 heterocycles. The number of nitrogens with one attached hydrogen (secondary N) is 2. The summed E-state index contributed by atoms with van der Waals surface area (Å²) in [5.74, 6) is 0. The maximum absolute atomic E-state index is 5.85. The molecule has 1 aliphatic heterocycles. The third-order valence-electron chi connectivity index (χ3n) is 2.89. The van der Waals surface area contributed by atoms with Crippen LogP contribution in [0.1, 0.15) is 13.3 Å². The van der Waals surface area contributed by atoms with Crippen LogP contribution in [0, 0.1) is 0 Å². The lowest BCUT2D eigenvalue weighted by molar-refractivity contribution is 0.0731. The van der Waals surface area contributed by atoms with E-state index in [1.54, 1.807) is 0 Å². The summed E-state index contributed by atoms with van der Waals surface area (Å²) in [6.45, 7) is 4.78. The second kappa shape index (κ2) is 6.24. The van der Waals surface area contributed by atoms with Crippen LogP contribution in [0.3, 0.4) is 0 Å². The Labute approximate surface area is 107 Å². The number of halogens is 1. The van der Waals surface area contributed by atoms with Crippen LogP contribution in [-0.2, 0) is 4.74 Å². The van der Waals surface area contributed by atoms with E-state index < -0.39 is 0 Å². The quantitative estimate of drug-likeness (QED) is 0.866. The molecule has 3 nitrogen and oxygen atoms in total. The van der Waals surface area contributed by atoms with E-state index in [0.29, 0.717) is 12.1 Å². The summed E-state index contributed by atoms with van der Waals surface area (Å²) in [5.41, 5.74) is 1.11. The SMILES string of the molecule is CC(CC1COCCN1)Nc1ccc(Cl)cc1. The van der Waals surface area contributed by atoms with E-state index in [-0.39, 0.29) is 0 Å². The first kappa shape index (κ1) is 12.7. The van der Waals surface area contributed by atoms with Crippen molar-refractivity contribution in [3.8, 4) is 0 Å².